The fraction of sp³-hybridized carbons (Fsp3) is 0.278. The summed E-state index contributed by atoms with van der Waals surface area (Å²) in [4.78, 5) is 12.3. The van der Waals surface area contributed by atoms with Crippen LogP contribution in [0.3, 0.4) is 0 Å². The molecule has 0 N–H and O–H groups in total. The largest absolute Gasteiger partial charge is 0.298 e. The molecule has 0 aromatic heterocycles. The molecule has 0 spiro atoms. The number of Topliss-reactive ketones (excluding diaryl/α,β-unsaturated/α-hetero) is 1. The fourth-order valence-electron chi connectivity index (χ4n) is 2.90. The van der Waals surface area contributed by atoms with Crippen LogP contribution in [0.15, 0.2) is 59.5 Å². The van der Waals surface area contributed by atoms with Crippen LogP contribution in [0.5, 0.6) is 0 Å². The fourth-order valence-corrected chi connectivity index (χ4v) is 4.37. The maximum absolute atomic E-state index is 12.8. The number of carbonyl (C=O) groups is 1. The number of carbonyl (C=O) groups excluding carboxylic acids is 1. The molecule has 2 aromatic carbocycles. The molecule has 3 rings (SSSR count). The lowest BCUT2D eigenvalue weighted by Crippen LogP contribution is -2.43. The van der Waals surface area contributed by atoms with Crippen molar-refractivity contribution in [2.75, 3.05) is 13.1 Å². The average Bonchev–Trinajstić information content (AvgIpc) is 2.55. The number of piperidine rings is 1. The highest BCUT2D eigenvalue weighted by Gasteiger charge is 2.34. The normalized spacial score (nSPS) is 19.7. The minimum atomic E-state index is -3.64. The Morgan fingerprint density at radius 2 is 1.65 bits per heavy atom. The van der Waals surface area contributed by atoms with E-state index in [1.807, 2.05) is 37.3 Å². The van der Waals surface area contributed by atoms with Crippen LogP contribution in [0.25, 0.3) is 0 Å². The van der Waals surface area contributed by atoms with Gasteiger partial charge in [0.15, 0.2) is 0 Å². The molecule has 120 valence electrons. The highest BCUT2D eigenvalue weighted by atomic mass is 32.2. The topological polar surface area (TPSA) is 54.5 Å². The summed E-state index contributed by atoms with van der Waals surface area (Å²) < 4.78 is 26.9. The maximum atomic E-state index is 12.8. The van der Waals surface area contributed by atoms with Crippen molar-refractivity contribution >= 4 is 15.8 Å². The summed E-state index contributed by atoms with van der Waals surface area (Å²) in [6.45, 7) is 2.21. The molecule has 0 saturated carbocycles. The molecular formula is C18H19NO3S. The van der Waals surface area contributed by atoms with Crippen LogP contribution in [-0.4, -0.2) is 31.6 Å². The number of hydrogen-bond donors (Lipinski definition) is 0. The predicted octanol–water partition coefficient (Wildman–Crippen LogP) is 2.74. The lowest BCUT2D eigenvalue weighted by molar-refractivity contribution is -0.121. The number of hydrogen-bond acceptors (Lipinski definition) is 3. The Hall–Kier alpha value is -1.98. The molecule has 1 aliphatic heterocycles. The standard InChI is InChI=1S/C18H19NO3S/c1-14-7-9-18(10-8-14)23(21,22)19-12-16(11-17(20)13-19)15-5-3-2-4-6-15/h2-10,16H,11-13H2,1H3. The van der Waals surface area contributed by atoms with E-state index in [1.165, 1.54) is 4.31 Å². The smallest absolute Gasteiger partial charge is 0.243 e. The quantitative estimate of drug-likeness (QED) is 0.870. The van der Waals surface area contributed by atoms with Gasteiger partial charge in [0, 0.05) is 18.9 Å². The van der Waals surface area contributed by atoms with E-state index in [0.29, 0.717) is 13.0 Å². The molecule has 0 bridgehead atoms. The van der Waals surface area contributed by atoms with Crippen LogP contribution in [0.4, 0.5) is 0 Å². The summed E-state index contributed by atoms with van der Waals surface area (Å²) in [5, 5.41) is 0. The summed E-state index contributed by atoms with van der Waals surface area (Å²) in [6.07, 6.45) is 0.393. The highest BCUT2D eigenvalue weighted by Crippen LogP contribution is 2.28. The van der Waals surface area contributed by atoms with Crippen molar-refractivity contribution in [3.05, 3.63) is 65.7 Å². The van der Waals surface area contributed by atoms with E-state index in [1.54, 1.807) is 24.3 Å². The van der Waals surface area contributed by atoms with Gasteiger partial charge in [-0.2, -0.15) is 4.31 Å². The van der Waals surface area contributed by atoms with E-state index >= 15 is 0 Å². The molecule has 1 fully saturated rings. The Morgan fingerprint density at radius 3 is 2.30 bits per heavy atom. The Kier molecular flexibility index (Phi) is 4.33. The molecule has 5 heteroatoms. The molecule has 2 aromatic rings. The number of ketones is 1. The van der Waals surface area contributed by atoms with Crippen molar-refractivity contribution in [1.29, 1.82) is 0 Å². The molecule has 1 saturated heterocycles. The molecule has 1 unspecified atom stereocenters. The van der Waals surface area contributed by atoms with Crippen molar-refractivity contribution in [1.82, 2.24) is 4.31 Å². The van der Waals surface area contributed by atoms with Gasteiger partial charge in [0.1, 0.15) is 5.78 Å². The Balaban J connectivity index is 1.89. The van der Waals surface area contributed by atoms with Gasteiger partial charge in [0.05, 0.1) is 11.4 Å². The third kappa shape index (κ3) is 3.35. The lowest BCUT2D eigenvalue weighted by Gasteiger charge is -2.31. The van der Waals surface area contributed by atoms with E-state index in [0.717, 1.165) is 11.1 Å². The zero-order chi connectivity index (χ0) is 16.4. The van der Waals surface area contributed by atoms with Gasteiger partial charge in [-0.25, -0.2) is 8.42 Å². The second-order valence-electron chi connectivity index (χ2n) is 5.96. The highest BCUT2D eigenvalue weighted by molar-refractivity contribution is 7.89. The first kappa shape index (κ1) is 15.9. The van der Waals surface area contributed by atoms with Crippen molar-refractivity contribution in [2.24, 2.45) is 0 Å². The molecule has 1 atom stereocenters. The summed E-state index contributed by atoms with van der Waals surface area (Å²) in [5.74, 6) is -0.126. The third-order valence-corrected chi connectivity index (χ3v) is 6.01. The van der Waals surface area contributed by atoms with Gasteiger partial charge in [-0.3, -0.25) is 4.79 Å². The van der Waals surface area contributed by atoms with E-state index < -0.39 is 10.0 Å². The third-order valence-electron chi connectivity index (χ3n) is 4.18. The molecular weight excluding hydrogens is 310 g/mol. The molecule has 0 amide bonds. The zero-order valence-electron chi connectivity index (χ0n) is 13.0. The molecule has 0 radical (unpaired) electrons. The summed E-state index contributed by atoms with van der Waals surface area (Å²) >= 11 is 0. The average molecular weight is 329 g/mol. The Labute approximate surface area is 136 Å². The minimum absolute atomic E-state index is 0.0409. The second-order valence-corrected chi connectivity index (χ2v) is 7.90. The van der Waals surface area contributed by atoms with Crippen LogP contribution in [0.2, 0.25) is 0 Å². The summed E-state index contributed by atoms with van der Waals surface area (Å²) in [5.41, 5.74) is 2.01. The Bertz CT molecular complexity index is 798. The monoisotopic (exact) mass is 329 g/mol. The molecule has 1 aliphatic rings. The summed E-state index contributed by atoms with van der Waals surface area (Å²) in [6, 6.07) is 16.4. The van der Waals surface area contributed by atoms with Gasteiger partial charge in [0.2, 0.25) is 10.0 Å². The minimum Gasteiger partial charge on any atom is -0.298 e. The number of aryl methyl sites for hydroxylation is 1. The van der Waals surface area contributed by atoms with Crippen LogP contribution in [0, 0.1) is 6.92 Å². The first-order valence-electron chi connectivity index (χ1n) is 7.60. The van der Waals surface area contributed by atoms with Crippen LogP contribution < -0.4 is 0 Å². The lowest BCUT2D eigenvalue weighted by atomic mass is 9.91. The van der Waals surface area contributed by atoms with E-state index in [4.69, 9.17) is 0 Å². The zero-order valence-corrected chi connectivity index (χ0v) is 13.8. The van der Waals surface area contributed by atoms with Crippen molar-refractivity contribution in [3.8, 4) is 0 Å². The van der Waals surface area contributed by atoms with Gasteiger partial charge in [-0.15, -0.1) is 0 Å². The molecule has 1 heterocycles. The van der Waals surface area contributed by atoms with Gasteiger partial charge in [-0.05, 0) is 24.6 Å². The van der Waals surface area contributed by atoms with Gasteiger partial charge >= 0.3 is 0 Å². The van der Waals surface area contributed by atoms with Crippen molar-refractivity contribution in [2.45, 2.75) is 24.2 Å². The molecule has 23 heavy (non-hydrogen) atoms. The first-order chi connectivity index (χ1) is 11.0. The van der Waals surface area contributed by atoms with Gasteiger partial charge in [0.25, 0.3) is 0 Å². The predicted molar refractivity (Wildman–Crippen MR) is 88.7 cm³/mol. The Morgan fingerprint density at radius 1 is 1.00 bits per heavy atom. The van der Waals surface area contributed by atoms with Crippen LogP contribution in [0.1, 0.15) is 23.5 Å². The maximum Gasteiger partial charge on any atom is 0.243 e. The molecule has 4 nitrogen and oxygen atoms in total. The first-order valence-corrected chi connectivity index (χ1v) is 9.04. The summed E-state index contributed by atoms with van der Waals surface area (Å²) in [7, 11) is -3.64. The number of benzene rings is 2. The van der Waals surface area contributed by atoms with Gasteiger partial charge < -0.3 is 0 Å². The van der Waals surface area contributed by atoms with E-state index in [2.05, 4.69) is 0 Å². The van der Waals surface area contributed by atoms with Crippen LogP contribution >= 0.6 is 0 Å². The number of sulfonamides is 1. The van der Waals surface area contributed by atoms with E-state index in [9.17, 15) is 13.2 Å². The number of nitrogens with zero attached hydrogens (tertiary/aromatic N) is 1. The number of rotatable bonds is 3. The molecule has 0 aliphatic carbocycles. The van der Waals surface area contributed by atoms with Crippen molar-refractivity contribution in [3.63, 3.8) is 0 Å². The van der Waals surface area contributed by atoms with Gasteiger partial charge in [-0.1, -0.05) is 48.0 Å². The van der Waals surface area contributed by atoms with E-state index in [-0.39, 0.29) is 23.1 Å². The van der Waals surface area contributed by atoms with Crippen LogP contribution in [-0.2, 0) is 14.8 Å². The SMILES string of the molecule is Cc1ccc(S(=O)(=O)N2CC(=O)CC(c3ccccc3)C2)cc1. The van der Waals surface area contributed by atoms with Crippen molar-refractivity contribution < 1.29 is 13.2 Å². The second kappa shape index (κ2) is 6.26.